The molecule has 2 aliphatic rings. The van der Waals surface area contributed by atoms with Gasteiger partial charge >= 0.3 is 5.97 Å². The van der Waals surface area contributed by atoms with Crippen LogP contribution in [-0.2, 0) is 20.5 Å². The summed E-state index contributed by atoms with van der Waals surface area (Å²) in [7, 11) is -1.34. The number of thioether (sulfide) groups is 1. The molecular weight excluding hydrogens is 516 g/mol. The number of rotatable bonds is 10. The molecular formula is C30H40N2O4S2. The highest BCUT2D eigenvalue weighted by Gasteiger charge is 2.37. The summed E-state index contributed by atoms with van der Waals surface area (Å²) in [6.07, 6.45) is 10.3. The second kappa shape index (κ2) is 12.7. The zero-order valence-corrected chi connectivity index (χ0v) is 24.8. The number of para-hydroxylation sites is 1. The molecule has 0 aromatic heterocycles. The number of anilines is 2. The van der Waals surface area contributed by atoms with E-state index in [9.17, 15) is 9.00 Å². The average Bonchev–Trinajstić information content (AvgIpc) is 3.71. The molecule has 0 amide bonds. The van der Waals surface area contributed by atoms with E-state index in [-0.39, 0.29) is 6.04 Å². The highest BCUT2D eigenvalue weighted by molar-refractivity contribution is 7.98. The van der Waals surface area contributed by atoms with Crippen molar-refractivity contribution in [2.45, 2.75) is 81.2 Å². The van der Waals surface area contributed by atoms with Crippen molar-refractivity contribution < 1.29 is 18.5 Å². The quantitative estimate of drug-likeness (QED) is 0.135. The lowest BCUT2D eigenvalue weighted by molar-refractivity contribution is -0.148. The van der Waals surface area contributed by atoms with Crippen LogP contribution in [0.5, 0.6) is 5.75 Å². The third-order valence-electron chi connectivity index (χ3n) is 6.64. The van der Waals surface area contributed by atoms with Gasteiger partial charge in [-0.2, -0.15) is 0 Å². The van der Waals surface area contributed by atoms with Gasteiger partial charge in [-0.15, -0.1) is 11.8 Å². The molecule has 0 spiro atoms. The summed E-state index contributed by atoms with van der Waals surface area (Å²) >= 11 is 1.56. The van der Waals surface area contributed by atoms with Crippen LogP contribution in [0.2, 0.25) is 0 Å². The minimum absolute atomic E-state index is 0.179. The van der Waals surface area contributed by atoms with Crippen LogP contribution < -0.4 is 9.64 Å². The van der Waals surface area contributed by atoms with E-state index in [4.69, 9.17) is 9.47 Å². The Morgan fingerprint density at radius 1 is 1.18 bits per heavy atom. The monoisotopic (exact) mass is 556 g/mol. The lowest BCUT2D eigenvalue weighted by Crippen LogP contribution is -2.42. The normalized spacial score (nSPS) is 20.3. The Balaban J connectivity index is 1.74. The first-order valence-electron chi connectivity index (χ1n) is 13.5. The van der Waals surface area contributed by atoms with E-state index < -0.39 is 22.6 Å². The number of unbranched alkanes of at least 4 members (excludes halogenated alkanes) is 1. The summed E-state index contributed by atoms with van der Waals surface area (Å²) in [5.74, 6) is 0.731. The van der Waals surface area contributed by atoms with Crippen molar-refractivity contribution in [3.05, 3.63) is 54.8 Å². The van der Waals surface area contributed by atoms with Crippen molar-refractivity contribution in [2.75, 3.05) is 24.2 Å². The summed E-state index contributed by atoms with van der Waals surface area (Å²) in [4.78, 5) is 16.1. The molecule has 2 atom stereocenters. The van der Waals surface area contributed by atoms with Crippen LogP contribution in [0.4, 0.5) is 11.4 Å². The van der Waals surface area contributed by atoms with Crippen molar-refractivity contribution in [3.63, 3.8) is 0 Å². The molecule has 2 unspecified atom stereocenters. The number of hydrogen-bond acceptors (Lipinski definition) is 6. The molecule has 6 nitrogen and oxygen atoms in total. The Bertz CT molecular complexity index is 1160. The number of carbonyl (C=O) groups is 1. The maximum absolute atomic E-state index is 14.3. The maximum Gasteiger partial charge on any atom is 0.334 e. The van der Waals surface area contributed by atoms with Crippen molar-refractivity contribution in [2.24, 2.45) is 5.92 Å². The number of nitrogens with zero attached hydrogens (tertiary/aromatic N) is 2. The maximum atomic E-state index is 14.3. The summed E-state index contributed by atoms with van der Waals surface area (Å²) in [5, 5.41) is 0. The summed E-state index contributed by atoms with van der Waals surface area (Å²) < 4.78 is 27.8. The zero-order valence-electron chi connectivity index (χ0n) is 23.1. The first-order valence-corrected chi connectivity index (χ1v) is 15.8. The largest absolute Gasteiger partial charge is 0.464 e. The van der Waals surface area contributed by atoms with E-state index >= 15 is 0 Å². The van der Waals surface area contributed by atoms with E-state index in [0.717, 1.165) is 53.5 Å². The van der Waals surface area contributed by atoms with Crippen molar-refractivity contribution in [3.8, 4) is 5.75 Å². The van der Waals surface area contributed by atoms with E-state index in [1.807, 2.05) is 51.3 Å². The Labute approximate surface area is 234 Å². The second-order valence-electron chi connectivity index (χ2n) is 11.0. The van der Waals surface area contributed by atoms with Crippen LogP contribution in [0, 0.1) is 5.92 Å². The van der Waals surface area contributed by atoms with Gasteiger partial charge in [0.2, 0.25) is 0 Å². The molecule has 0 bridgehead atoms. The number of fused-ring (bicyclic) bond motifs is 1. The molecule has 1 heterocycles. The standard InChI is InChI=1S/C30H40N2O4S2/c1-6-7-11-24-21-31(23-12-9-8-10-13-23)25-18-27(37-5)26(35-17-16-29(33)36-30(2,3)4)19-28(25)38(34)32(24)20-22-14-15-22/h8-10,12-13,16-19,22,24H,6-7,11,14-15,20-21H2,1-5H3/b17-16+. The van der Waals surface area contributed by atoms with Gasteiger partial charge in [0.1, 0.15) is 22.3 Å². The van der Waals surface area contributed by atoms with Crippen LogP contribution >= 0.6 is 11.8 Å². The molecule has 0 N–H and O–H groups in total. The molecule has 1 aliphatic heterocycles. The highest BCUT2D eigenvalue weighted by atomic mass is 32.2. The van der Waals surface area contributed by atoms with Gasteiger partial charge in [0.25, 0.3) is 0 Å². The second-order valence-corrected chi connectivity index (χ2v) is 13.2. The number of carbonyl (C=O) groups excluding carboxylic acids is 1. The molecule has 8 heteroatoms. The SMILES string of the molecule is CCCCC1CN(c2ccccc2)c2cc(SC)c(O/C=C/C(=O)OC(C)(C)C)cc2S(=O)N1CC1CC1. The Morgan fingerprint density at radius 3 is 2.55 bits per heavy atom. The summed E-state index contributed by atoms with van der Waals surface area (Å²) in [6.45, 7) is 9.32. The van der Waals surface area contributed by atoms with Crippen molar-refractivity contribution in [1.29, 1.82) is 0 Å². The van der Waals surface area contributed by atoms with E-state index in [1.54, 1.807) is 11.8 Å². The van der Waals surface area contributed by atoms with Crippen molar-refractivity contribution in [1.82, 2.24) is 4.31 Å². The molecule has 1 fully saturated rings. The smallest absolute Gasteiger partial charge is 0.334 e. The van der Waals surface area contributed by atoms with Crippen molar-refractivity contribution >= 4 is 40.1 Å². The molecule has 4 rings (SSSR count). The van der Waals surface area contributed by atoms with Gasteiger partial charge in [-0.25, -0.2) is 13.3 Å². The first-order chi connectivity index (χ1) is 18.2. The molecule has 2 aromatic rings. The van der Waals surface area contributed by atoms with Gasteiger partial charge in [0.05, 0.1) is 27.8 Å². The lowest BCUT2D eigenvalue weighted by Gasteiger charge is -2.31. The predicted molar refractivity (Wildman–Crippen MR) is 156 cm³/mol. The minimum atomic E-state index is -1.34. The van der Waals surface area contributed by atoms with Gasteiger partial charge in [-0.05, 0) is 70.4 Å². The highest BCUT2D eigenvalue weighted by Crippen LogP contribution is 2.43. The fourth-order valence-electron chi connectivity index (χ4n) is 4.59. The number of benzene rings is 2. The summed E-state index contributed by atoms with van der Waals surface area (Å²) in [5.41, 5.74) is 1.46. The first kappa shape index (κ1) is 28.7. The Morgan fingerprint density at radius 2 is 1.92 bits per heavy atom. The molecule has 206 valence electrons. The molecule has 1 saturated carbocycles. The molecule has 0 saturated heterocycles. The Kier molecular flexibility index (Phi) is 9.60. The lowest BCUT2D eigenvalue weighted by atomic mass is 10.1. The topological polar surface area (TPSA) is 59.1 Å². The summed E-state index contributed by atoms with van der Waals surface area (Å²) in [6, 6.07) is 14.5. The predicted octanol–water partition coefficient (Wildman–Crippen LogP) is 7.09. The van der Waals surface area contributed by atoms with E-state index in [2.05, 4.69) is 34.3 Å². The molecule has 0 radical (unpaired) electrons. The average molecular weight is 557 g/mol. The van der Waals surface area contributed by atoms with Crippen LogP contribution in [0.25, 0.3) is 0 Å². The van der Waals surface area contributed by atoms with E-state index in [1.165, 1.54) is 25.2 Å². The third-order valence-corrected chi connectivity index (χ3v) is 8.97. The van der Waals surface area contributed by atoms with Gasteiger partial charge < -0.3 is 14.4 Å². The zero-order chi connectivity index (χ0) is 27.3. The van der Waals surface area contributed by atoms with Crippen LogP contribution in [0.3, 0.4) is 0 Å². The number of hydrogen-bond donors (Lipinski definition) is 0. The number of ether oxygens (including phenoxy) is 2. The van der Waals surface area contributed by atoms with Gasteiger partial charge in [0, 0.05) is 30.9 Å². The third kappa shape index (κ3) is 7.42. The molecule has 1 aliphatic carbocycles. The Hall–Kier alpha value is -2.29. The fourth-order valence-corrected chi connectivity index (χ4v) is 6.73. The minimum Gasteiger partial charge on any atom is -0.464 e. The van der Waals surface area contributed by atoms with Crippen LogP contribution in [-0.4, -0.2) is 45.5 Å². The van der Waals surface area contributed by atoms with Gasteiger partial charge in [0.15, 0.2) is 0 Å². The molecule has 2 aromatic carbocycles. The number of esters is 1. The van der Waals surface area contributed by atoms with Crippen LogP contribution in [0.15, 0.2) is 64.6 Å². The van der Waals surface area contributed by atoms with Gasteiger partial charge in [-0.3, -0.25) is 0 Å². The van der Waals surface area contributed by atoms with Gasteiger partial charge in [-0.1, -0.05) is 38.0 Å². The fraction of sp³-hybridized carbons (Fsp3) is 0.500. The molecule has 38 heavy (non-hydrogen) atoms. The van der Waals surface area contributed by atoms with E-state index in [0.29, 0.717) is 11.7 Å². The van der Waals surface area contributed by atoms with Crippen LogP contribution in [0.1, 0.15) is 59.8 Å².